The molecular formula is C19H22ClN3O2S. The summed E-state index contributed by atoms with van der Waals surface area (Å²) in [5.41, 5.74) is 1.12. The van der Waals surface area contributed by atoms with Gasteiger partial charge in [0.15, 0.2) is 0 Å². The Balaban J connectivity index is 2.19. The number of hydrogen-bond acceptors (Lipinski definition) is 4. The Labute approximate surface area is 163 Å². The number of likely N-dealkylation sites (N-methyl/N-ethyl adjacent to an activating group) is 1. The zero-order chi connectivity index (χ0) is 19.1. The van der Waals surface area contributed by atoms with Crippen molar-refractivity contribution >= 4 is 40.9 Å². The zero-order valence-electron chi connectivity index (χ0n) is 15.0. The Morgan fingerprint density at radius 1 is 1.12 bits per heavy atom. The lowest BCUT2D eigenvalue weighted by Gasteiger charge is -2.13. The molecule has 0 heterocycles. The van der Waals surface area contributed by atoms with E-state index in [1.807, 2.05) is 49.3 Å². The van der Waals surface area contributed by atoms with Crippen LogP contribution in [0.5, 0.6) is 0 Å². The predicted octanol–water partition coefficient (Wildman–Crippen LogP) is 3.74. The van der Waals surface area contributed by atoms with Gasteiger partial charge in [-0.1, -0.05) is 23.4 Å². The number of amides is 2. The monoisotopic (exact) mass is 391 g/mol. The normalized spacial score (nSPS) is 10.7. The minimum atomic E-state index is -0.187. The molecule has 2 amide bonds. The van der Waals surface area contributed by atoms with Crippen LogP contribution in [0.25, 0.3) is 0 Å². The van der Waals surface area contributed by atoms with Gasteiger partial charge in [0, 0.05) is 40.4 Å². The lowest BCUT2D eigenvalue weighted by atomic mass is 10.2. The van der Waals surface area contributed by atoms with Crippen LogP contribution in [0, 0.1) is 0 Å². The lowest BCUT2D eigenvalue weighted by Crippen LogP contribution is -2.31. The fourth-order valence-electron chi connectivity index (χ4n) is 2.17. The average molecular weight is 392 g/mol. The molecule has 2 N–H and O–H groups in total. The third-order valence-electron chi connectivity index (χ3n) is 3.44. The second kappa shape index (κ2) is 9.62. The van der Waals surface area contributed by atoms with Gasteiger partial charge in [-0.05, 0) is 56.6 Å². The maximum absolute atomic E-state index is 12.3. The zero-order valence-corrected chi connectivity index (χ0v) is 16.6. The maximum Gasteiger partial charge on any atom is 0.251 e. The smallest absolute Gasteiger partial charge is 0.251 e. The van der Waals surface area contributed by atoms with E-state index in [9.17, 15) is 9.59 Å². The van der Waals surface area contributed by atoms with E-state index in [2.05, 4.69) is 10.6 Å². The van der Waals surface area contributed by atoms with Crippen molar-refractivity contribution in [2.75, 3.05) is 32.5 Å². The van der Waals surface area contributed by atoms with Gasteiger partial charge in [-0.15, -0.1) is 0 Å². The van der Waals surface area contributed by atoms with Gasteiger partial charge in [-0.3, -0.25) is 9.59 Å². The number of halogens is 1. The van der Waals surface area contributed by atoms with Gasteiger partial charge >= 0.3 is 0 Å². The summed E-state index contributed by atoms with van der Waals surface area (Å²) in [4.78, 5) is 27.7. The minimum Gasteiger partial charge on any atom is -0.351 e. The number of carbonyl (C=O) groups is 2. The van der Waals surface area contributed by atoms with Crippen molar-refractivity contribution in [3.05, 3.63) is 53.1 Å². The van der Waals surface area contributed by atoms with Crippen LogP contribution < -0.4 is 10.6 Å². The first kappa shape index (κ1) is 20.3. The number of nitrogens with one attached hydrogen (secondary N) is 2. The Morgan fingerprint density at radius 2 is 1.81 bits per heavy atom. The largest absolute Gasteiger partial charge is 0.351 e. The molecule has 138 valence electrons. The predicted molar refractivity (Wildman–Crippen MR) is 107 cm³/mol. The topological polar surface area (TPSA) is 61.4 Å². The van der Waals surface area contributed by atoms with Crippen molar-refractivity contribution in [3.8, 4) is 0 Å². The van der Waals surface area contributed by atoms with Gasteiger partial charge in [0.05, 0.1) is 5.69 Å². The molecule has 26 heavy (non-hydrogen) atoms. The van der Waals surface area contributed by atoms with Crippen molar-refractivity contribution in [3.63, 3.8) is 0 Å². The first-order chi connectivity index (χ1) is 12.3. The van der Waals surface area contributed by atoms with Crippen LogP contribution in [-0.2, 0) is 4.79 Å². The van der Waals surface area contributed by atoms with Gasteiger partial charge in [0.2, 0.25) is 5.91 Å². The number of anilines is 1. The third-order valence-corrected chi connectivity index (χ3v) is 4.77. The minimum absolute atomic E-state index is 0.165. The van der Waals surface area contributed by atoms with Crippen molar-refractivity contribution in [2.45, 2.75) is 16.7 Å². The molecule has 7 heteroatoms. The fourth-order valence-corrected chi connectivity index (χ4v) is 3.18. The van der Waals surface area contributed by atoms with E-state index >= 15 is 0 Å². The van der Waals surface area contributed by atoms with E-state index in [1.54, 1.807) is 12.1 Å². The SMILES string of the molecule is CC(=O)Nc1cc(C(=O)NCCN(C)C)ccc1Sc1ccc(Cl)cc1. The molecule has 0 fully saturated rings. The van der Waals surface area contributed by atoms with Gasteiger partial charge in [-0.25, -0.2) is 0 Å². The molecule has 0 unspecified atom stereocenters. The number of benzene rings is 2. The summed E-state index contributed by atoms with van der Waals surface area (Å²) < 4.78 is 0. The third kappa shape index (κ3) is 6.37. The highest BCUT2D eigenvalue weighted by Gasteiger charge is 2.12. The van der Waals surface area contributed by atoms with Crippen molar-refractivity contribution in [2.24, 2.45) is 0 Å². The number of carbonyl (C=O) groups excluding carboxylic acids is 2. The maximum atomic E-state index is 12.3. The molecule has 0 aliphatic carbocycles. The summed E-state index contributed by atoms with van der Waals surface area (Å²) in [6, 6.07) is 12.7. The quantitative estimate of drug-likeness (QED) is 0.754. The Morgan fingerprint density at radius 3 is 2.42 bits per heavy atom. The Bertz CT molecular complexity index is 779. The molecule has 0 spiro atoms. The average Bonchev–Trinajstić information content (AvgIpc) is 2.57. The number of rotatable bonds is 7. The second-order valence-corrected chi connectivity index (χ2v) is 7.56. The summed E-state index contributed by atoms with van der Waals surface area (Å²) in [7, 11) is 3.90. The molecule has 5 nitrogen and oxygen atoms in total. The van der Waals surface area contributed by atoms with Crippen LogP contribution >= 0.6 is 23.4 Å². The summed E-state index contributed by atoms with van der Waals surface area (Å²) in [5.74, 6) is -0.352. The van der Waals surface area contributed by atoms with E-state index in [-0.39, 0.29) is 11.8 Å². The molecule has 0 aromatic heterocycles. The summed E-state index contributed by atoms with van der Waals surface area (Å²) in [6.07, 6.45) is 0. The molecule has 0 atom stereocenters. The first-order valence-corrected chi connectivity index (χ1v) is 9.32. The summed E-state index contributed by atoms with van der Waals surface area (Å²) in [6.45, 7) is 2.76. The molecule has 2 aromatic carbocycles. The molecule has 2 aromatic rings. The Kier molecular flexibility index (Phi) is 7.50. The van der Waals surface area contributed by atoms with Crippen LogP contribution in [0.15, 0.2) is 52.3 Å². The van der Waals surface area contributed by atoms with Gasteiger partial charge in [0.25, 0.3) is 5.91 Å². The van der Waals surface area contributed by atoms with E-state index in [4.69, 9.17) is 11.6 Å². The second-order valence-electron chi connectivity index (χ2n) is 6.01. The highest BCUT2D eigenvalue weighted by Crippen LogP contribution is 2.34. The van der Waals surface area contributed by atoms with E-state index in [0.29, 0.717) is 22.8 Å². The summed E-state index contributed by atoms with van der Waals surface area (Å²) in [5, 5.41) is 6.34. The lowest BCUT2D eigenvalue weighted by molar-refractivity contribution is -0.114. The van der Waals surface area contributed by atoms with Gasteiger partial charge in [-0.2, -0.15) is 0 Å². The van der Waals surface area contributed by atoms with Crippen LogP contribution in [0.2, 0.25) is 5.02 Å². The van der Waals surface area contributed by atoms with Crippen LogP contribution in [0.4, 0.5) is 5.69 Å². The number of hydrogen-bond donors (Lipinski definition) is 2. The van der Waals surface area contributed by atoms with Crippen LogP contribution in [0.3, 0.4) is 0 Å². The van der Waals surface area contributed by atoms with E-state index in [0.717, 1.165) is 16.3 Å². The molecule has 0 radical (unpaired) electrons. The van der Waals surface area contributed by atoms with Crippen molar-refractivity contribution in [1.82, 2.24) is 10.2 Å². The van der Waals surface area contributed by atoms with Crippen molar-refractivity contribution in [1.29, 1.82) is 0 Å². The highest BCUT2D eigenvalue weighted by molar-refractivity contribution is 7.99. The van der Waals surface area contributed by atoms with Gasteiger partial charge < -0.3 is 15.5 Å². The standard InChI is InChI=1S/C19H22ClN3O2S/c1-13(24)22-17-12-14(19(25)21-10-11-23(2)3)4-9-18(17)26-16-7-5-15(20)6-8-16/h4-9,12H,10-11H2,1-3H3,(H,21,25)(H,22,24). The molecular weight excluding hydrogens is 370 g/mol. The first-order valence-electron chi connectivity index (χ1n) is 8.13. The summed E-state index contributed by atoms with van der Waals surface area (Å²) >= 11 is 7.41. The molecule has 0 aliphatic rings. The molecule has 0 saturated heterocycles. The Hall–Kier alpha value is -2.02. The van der Waals surface area contributed by atoms with Crippen molar-refractivity contribution < 1.29 is 9.59 Å². The van der Waals surface area contributed by atoms with E-state index < -0.39 is 0 Å². The highest BCUT2D eigenvalue weighted by atomic mass is 35.5. The molecule has 0 saturated carbocycles. The molecule has 0 aliphatic heterocycles. The molecule has 0 bridgehead atoms. The van der Waals surface area contributed by atoms with Crippen LogP contribution in [-0.4, -0.2) is 43.9 Å². The number of nitrogens with zero attached hydrogens (tertiary/aromatic N) is 1. The van der Waals surface area contributed by atoms with E-state index in [1.165, 1.54) is 18.7 Å². The molecule has 2 rings (SSSR count). The van der Waals surface area contributed by atoms with Gasteiger partial charge in [0.1, 0.15) is 0 Å². The van der Waals surface area contributed by atoms with Crippen LogP contribution in [0.1, 0.15) is 17.3 Å². The fraction of sp³-hybridized carbons (Fsp3) is 0.263.